The minimum atomic E-state index is 0.118. The molecule has 0 aromatic heterocycles. The summed E-state index contributed by atoms with van der Waals surface area (Å²) < 4.78 is 0. The van der Waals surface area contributed by atoms with Crippen LogP contribution in [0.4, 0.5) is 0 Å². The molecule has 1 rings (SSSR count). The van der Waals surface area contributed by atoms with Crippen LogP contribution >= 0.6 is 0 Å². The van der Waals surface area contributed by atoms with Crippen molar-refractivity contribution >= 4 is 0 Å². The van der Waals surface area contributed by atoms with Crippen molar-refractivity contribution in [2.75, 3.05) is 6.54 Å². The first kappa shape index (κ1) is 11.0. The average molecular weight is 194 g/mol. The molecule has 0 heterocycles. The van der Waals surface area contributed by atoms with Gasteiger partial charge in [-0.25, -0.2) is 0 Å². The molecule has 0 amide bonds. The van der Waals surface area contributed by atoms with Crippen LogP contribution in [0, 0.1) is 0 Å². The van der Waals surface area contributed by atoms with E-state index in [0.717, 1.165) is 19.3 Å². The number of hydrogen-bond acceptors (Lipinski definition) is 3. The largest absolute Gasteiger partial charge is 0.508 e. The van der Waals surface area contributed by atoms with E-state index in [1.54, 1.807) is 12.1 Å². The van der Waals surface area contributed by atoms with E-state index in [1.807, 2.05) is 12.1 Å². The third kappa shape index (κ3) is 3.77. The van der Waals surface area contributed by atoms with Crippen LogP contribution < -0.4 is 11.5 Å². The topological polar surface area (TPSA) is 72.3 Å². The number of aryl methyl sites for hydroxylation is 1. The Hall–Kier alpha value is -1.06. The molecular formula is C11H18N2O. The zero-order chi connectivity index (χ0) is 10.4. The SMILES string of the molecule is NCC(N)CCCc1ccc(O)cc1. The molecule has 0 saturated heterocycles. The molecule has 1 aromatic carbocycles. The molecule has 0 aliphatic rings. The van der Waals surface area contributed by atoms with Crippen LogP contribution in [0.5, 0.6) is 5.75 Å². The third-order valence-corrected chi connectivity index (χ3v) is 2.28. The van der Waals surface area contributed by atoms with E-state index >= 15 is 0 Å². The third-order valence-electron chi connectivity index (χ3n) is 2.28. The fourth-order valence-corrected chi connectivity index (χ4v) is 1.35. The normalized spacial score (nSPS) is 12.7. The summed E-state index contributed by atoms with van der Waals surface area (Å²) in [5.41, 5.74) is 12.3. The molecule has 3 heteroatoms. The maximum atomic E-state index is 9.07. The van der Waals surface area contributed by atoms with Gasteiger partial charge < -0.3 is 16.6 Å². The molecule has 1 atom stereocenters. The fraction of sp³-hybridized carbons (Fsp3) is 0.455. The molecule has 0 spiro atoms. The van der Waals surface area contributed by atoms with E-state index < -0.39 is 0 Å². The number of aromatic hydroxyl groups is 1. The summed E-state index contributed by atoms with van der Waals surface area (Å²) in [6.07, 6.45) is 2.99. The summed E-state index contributed by atoms with van der Waals surface area (Å²) >= 11 is 0. The van der Waals surface area contributed by atoms with E-state index in [0.29, 0.717) is 12.3 Å². The molecule has 0 aliphatic heterocycles. The molecule has 14 heavy (non-hydrogen) atoms. The molecule has 78 valence electrons. The Labute approximate surface area is 84.7 Å². The van der Waals surface area contributed by atoms with Gasteiger partial charge in [-0.15, -0.1) is 0 Å². The lowest BCUT2D eigenvalue weighted by molar-refractivity contribution is 0.475. The minimum absolute atomic E-state index is 0.118. The van der Waals surface area contributed by atoms with Gasteiger partial charge in [0, 0.05) is 12.6 Å². The smallest absolute Gasteiger partial charge is 0.115 e. The lowest BCUT2D eigenvalue weighted by Crippen LogP contribution is -2.29. The number of rotatable bonds is 5. The summed E-state index contributed by atoms with van der Waals surface area (Å²) in [4.78, 5) is 0. The first-order valence-corrected chi connectivity index (χ1v) is 4.96. The first-order valence-electron chi connectivity index (χ1n) is 4.96. The van der Waals surface area contributed by atoms with Gasteiger partial charge in [0.15, 0.2) is 0 Å². The molecule has 5 N–H and O–H groups in total. The van der Waals surface area contributed by atoms with Crippen molar-refractivity contribution in [1.29, 1.82) is 0 Å². The van der Waals surface area contributed by atoms with Crippen molar-refractivity contribution in [3.05, 3.63) is 29.8 Å². The molecule has 0 fully saturated rings. The number of phenols is 1. The van der Waals surface area contributed by atoms with Crippen LogP contribution in [0.3, 0.4) is 0 Å². The van der Waals surface area contributed by atoms with Gasteiger partial charge in [0.05, 0.1) is 0 Å². The van der Waals surface area contributed by atoms with Gasteiger partial charge in [0.25, 0.3) is 0 Å². The maximum absolute atomic E-state index is 9.07. The Kier molecular flexibility index (Phi) is 4.43. The zero-order valence-electron chi connectivity index (χ0n) is 8.32. The van der Waals surface area contributed by atoms with E-state index in [9.17, 15) is 0 Å². The van der Waals surface area contributed by atoms with Crippen LogP contribution in [0.25, 0.3) is 0 Å². The van der Waals surface area contributed by atoms with E-state index in [1.165, 1.54) is 5.56 Å². The Balaban J connectivity index is 2.28. The van der Waals surface area contributed by atoms with Crippen molar-refractivity contribution < 1.29 is 5.11 Å². The lowest BCUT2D eigenvalue weighted by Gasteiger charge is -2.07. The monoisotopic (exact) mass is 194 g/mol. The summed E-state index contributed by atoms with van der Waals surface area (Å²) in [7, 11) is 0. The van der Waals surface area contributed by atoms with Crippen molar-refractivity contribution in [3.8, 4) is 5.75 Å². The van der Waals surface area contributed by atoms with E-state index in [-0.39, 0.29) is 6.04 Å². The second-order valence-electron chi connectivity index (χ2n) is 3.55. The number of nitrogens with two attached hydrogens (primary N) is 2. The second-order valence-corrected chi connectivity index (χ2v) is 3.55. The Morgan fingerprint density at radius 1 is 1.21 bits per heavy atom. The van der Waals surface area contributed by atoms with Gasteiger partial charge in [-0.05, 0) is 37.0 Å². The number of hydrogen-bond donors (Lipinski definition) is 3. The Bertz CT molecular complexity index is 258. The average Bonchev–Trinajstić information content (AvgIpc) is 2.21. The van der Waals surface area contributed by atoms with Crippen molar-refractivity contribution in [3.63, 3.8) is 0 Å². The summed E-state index contributed by atoms with van der Waals surface area (Å²) in [5.74, 6) is 0.312. The van der Waals surface area contributed by atoms with Crippen LogP contribution in [-0.2, 0) is 6.42 Å². The highest BCUT2D eigenvalue weighted by atomic mass is 16.3. The maximum Gasteiger partial charge on any atom is 0.115 e. The standard InChI is InChI=1S/C11H18N2O/c12-8-10(13)3-1-2-9-4-6-11(14)7-5-9/h4-7,10,14H,1-3,8,12-13H2. The predicted molar refractivity (Wildman–Crippen MR) is 58.1 cm³/mol. The minimum Gasteiger partial charge on any atom is -0.508 e. The van der Waals surface area contributed by atoms with Gasteiger partial charge in [-0.1, -0.05) is 12.1 Å². The Morgan fingerprint density at radius 2 is 1.86 bits per heavy atom. The molecule has 0 bridgehead atoms. The van der Waals surface area contributed by atoms with Crippen molar-refractivity contribution in [1.82, 2.24) is 0 Å². The molecule has 1 aromatic rings. The molecule has 0 saturated carbocycles. The highest BCUT2D eigenvalue weighted by Gasteiger charge is 1.99. The zero-order valence-corrected chi connectivity index (χ0v) is 8.32. The van der Waals surface area contributed by atoms with Gasteiger partial charge in [0.2, 0.25) is 0 Å². The molecule has 0 aliphatic carbocycles. The summed E-state index contributed by atoms with van der Waals surface area (Å²) in [6, 6.07) is 7.40. The van der Waals surface area contributed by atoms with Crippen LogP contribution in [-0.4, -0.2) is 17.7 Å². The molecule has 0 radical (unpaired) electrons. The quantitative estimate of drug-likeness (QED) is 0.654. The first-order chi connectivity index (χ1) is 6.72. The van der Waals surface area contributed by atoms with Crippen molar-refractivity contribution in [2.45, 2.75) is 25.3 Å². The van der Waals surface area contributed by atoms with Gasteiger partial charge in [-0.2, -0.15) is 0 Å². The fourth-order valence-electron chi connectivity index (χ4n) is 1.35. The highest BCUT2D eigenvalue weighted by Crippen LogP contribution is 2.11. The predicted octanol–water partition coefficient (Wildman–Crippen LogP) is 1.00. The van der Waals surface area contributed by atoms with Crippen LogP contribution in [0.2, 0.25) is 0 Å². The van der Waals surface area contributed by atoms with Gasteiger partial charge in [0.1, 0.15) is 5.75 Å². The number of phenolic OH excluding ortho intramolecular Hbond substituents is 1. The van der Waals surface area contributed by atoms with Crippen LogP contribution in [0.1, 0.15) is 18.4 Å². The summed E-state index contributed by atoms with van der Waals surface area (Å²) in [6.45, 7) is 0.551. The van der Waals surface area contributed by atoms with Gasteiger partial charge >= 0.3 is 0 Å². The number of benzene rings is 1. The lowest BCUT2D eigenvalue weighted by atomic mass is 10.1. The second kappa shape index (κ2) is 5.62. The van der Waals surface area contributed by atoms with Crippen molar-refractivity contribution in [2.24, 2.45) is 11.5 Å². The summed E-state index contributed by atoms with van der Waals surface area (Å²) in [5, 5.41) is 9.07. The molecular weight excluding hydrogens is 176 g/mol. The van der Waals surface area contributed by atoms with Gasteiger partial charge in [-0.3, -0.25) is 0 Å². The van der Waals surface area contributed by atoms with E-state index in [2.05, 4.69) is 0 Å². The molecule has 3 nitrogen and oxygen atoms in total. The highest BCUT2D eigenvalue weighted by molar-refractivity contribution is 5.25. The Morgan fingerprint density at radius 3 is 2.43 bits per heavy atom. The van der Waals surface area contributed by atoms with Crippen LogP contribution in [0.15, 0.2) is 24.3 Å². The molecule has 1 unspecified atom stereocenters. The van der Waals surface area contributed by atoms with E-state index in [4.69, 9.17) is 16.6 Å².